The van der Waals surface area contributed by atoms with Crippen molar-refractivity contribution in [3.63, 3.8) is 0 Å². The normalized spacial score (nSPS) is 13.7. The third-order valence-electron chi connectivity index (χ3n) is 4.95. The van der Waals surface area contributed by atoms with Crippen molar-refractivity contribution < 1.29 is 8.85 Å². The molecule has 0 fully saturated rings. The fraction of sp³-hybridized carbons (Fsp3) is 1.00. The molecule has 0 aliphatic carbocycles. The largest absolute Gasteiger partial charge is 0.394 e. The Balaban J connectivity index is 3.99. The van der Waals surface area contributed by atoms with E-state index < -0.39 is 8.56 Å². The van der Waals surface area contributed by atoms with Crippen LogP contribution in [0.1, 0.15) is 99.3 Å². The summed E-state index contributed by atoms with van der Waals surface area (Å²) in [5.74, 6) is 0.580. The van der Waals surface area contributed by atoms with Gasteiger partial charge in [-0.2, -0.15) is 0 Å². The van der Waals surface area contributed by atoms with Crippen molar-refractivity contribution in [2.75, 3.05) is 6.61 Å². The molecule has 3 heteroatoms. The van der Waals surface area contributed by atoms with E-state index in [-0.39, 0.29) is 0 Å². The van der Waals surface area contributed by atoms with Crippen LogP contribution in [0.15, 0.2) is 0 Å². The van der Waals surface area contributed by atoms with E-state index in [0.29, 0.717) is 12.0 Å². The predicted octanol–water partition coefficient (Wildman–Crippen LogP) is 7.08. The number of hydrogen-bond acceptors (Lipinski definition) is 2. The molecule has 0 aromatic heterocycles. The van der Waals surface area contributed by atoms with Gasteiger partial charge in [-0.3, -0.25) is 0 Å². The van der Waals surface area contributed by atoms with Crippen LogP contribution in [0.2, 0.25) is 12.1 Å². The molecule has 2 nitrogen and oxygen atoms in total. The van der Waals surface area contributed by atoms with Crippen molar-refractivity contribution in [3.05, 3.63) is 0 Å². The van der Waals surface area contributed by atoms with Gasteiger partial charge in [0, 0.05) is 12.7 Å². The first-order valence-corrected chi connectivity index (χ1v) is 12.6. The van der Waals surface area contributed by atoms with E-state index in [2.05, 4.69) is 41.5 Å². The molecule has 0 rings (SSSR count). The Bertz CT molecular complexity index is 252. The van der Waals surface area contributed by atoms with Gasteiger partial charge in [0.1, 0.15) is 0 Å². The predicted molar refractivity (Wildman–Crippen MR) is 105 cm³/mol. The molecule has 140 valence electrons. The maximum Gasteiger partial charge on any atom is 0.337 e. The van der Waals surface area contributed by atoms with Crippen LogP contribution in [0, 0.1) is 5.92 Å². The zero-order chi connectivity index (χ0) is 17.6. The maximum absolute atomic E-state index is 6.54. The first-order chi connectivity index (χ1) is 11.0. The van der Waals surface area contributed by atoms with Gasteiger partial charge in [-0.25, -0.2) is 0 Å². The standard InChI is InChI=1S/C20H44O2Si/c1-7-11-12-13-14-15-16-17-18-21-23(9-3,10-4)22-20(8-2)19(5)6/h19-20H,7-18H2,1-6H3. The molecule has 0 aromatic carbocycles. The molecule has 0 saturated heterocycles. The molecule has 0 spiro atoms. The Labute approximate surface area is 148 Å². The van der Waals surface area contributed by atoms with Crippen molar-refractivity contribution in [2.45, 2.75) is 118 Å². The summed E-state index contributed by atoms with van der Waals surface area (Å²) in [6.07, 6.45) is 12.3. The van der Waals surface area contributed by atoms with E-state index in [1.807, 2.05) is 0 Å². The summed E-state index contributed by atoms with van der Waals surface area (Å²) in [4.78, 5) is 0. The van der Waals surface area contributed by atoms with E-state index in [1.54, 1.807) is 0 Å². The highest BCUT2D eigenvalue weighted by atomic mass is 28.4. The smallest absolute Gasteiger partial charge is 0.337 e. The van der Waals surface area contributed by atoms with Gasteiger partial charge in [0.15, 0.2) is 0 Å². The molecule has 0 aliphatic heterocycles. The lowest BCUT2D eigenvalue weighted by Gasteiger charge is -2.34. The number of unbranched alkanes of at least 4 members (excludes halogenated alkanes) is 7. The quantitative estimate of drug-likeness (QED) is 0.220. The summed E-state index contributed by atoms with van der Waals surface area (Å²) in [7, 11) is -1.98. The van der Waals surface area contributed by atoms with Gasteiger partial charge in [0.25, 0.3) is 0 Å². The van der Waals surface area contributed by atoms with E-state index in [9.17, 15) is 0 Å². The first kappa shape index (κ1) is 23.1. The third kappa shape index (κ3) is 10.6. The zero-order valence-electron chi connectivity index (χ0n) is 17.0. The van der Waals surface area contributed by atoms with Crippen LogP contribution in [0.25, 0.3) is 0 Å². The Morgan fingerprint density at radius 2 is 1.26 bits per heavy atom. The highest BCUT2D eigenvalue weighted by molar-refractivity contribution is 6.67. The molecule has 23 heavy (non-hydrogen) atoms. The fourth-order valence-electron chi connectivity index (χ4n) is 3.12. The van der Waals surface area contributed by atoms with Gasteiger partial charge in [-0.15, -0.1) is 0 Å². The van der Waals surface area contributed by atoms with Crippen LogP contribution in [0.3, 0.4) is 0 Å². The van der Waals surface area contributed by atoms with Crippen molar-refractivity contribution in [1.29, 1.82) is 0 Å². The Hall–Kier alpha value is 0.137. The van der Waals surface area contributed by atoms with Crippen LogP contribution >= 0.6 is 0 Å². The van der Waals surface area contributed by atoms with Gasteiger partial charge in [-0.1, -0.05) is 86.5 Å². The van der Waals surface area contributed by atoms with Crippen LogP contribution < -0.4 is 0 Å². The molecular weight excluding hydrogens is 300 g/mol. The monoisotopic (exact) mass is 344 g/mol. The lowest BCUT2D eigenvalue weighted by molar-refractivity contribution is 0.0788. The molecule has 0 bridgehead atoms. The lowest BCUT2D eigenvalue weighted by atomic mass is 10.1. The van der Waals surface area contributed by atoms with Gasteiger partial charge in [-0.05, 0) is 30.8 Å². The Morgan fingerprint density at radius 3 is 1.70 bits per heavy atom. The Morgan fingerprint density at radius 1 is 0.739 bits per heavy atom. The minimum Gasteiger partial charge on any atom is -0.394 e. The molecule has 0 N–H and O–H groups in total. The average molecular weight is 345 g/mol. The summed E-state index contributed by atoms with van der Waals surface area (Å²) in [6.45, 7) is 14.4. The summed E-state index contributed by atoms with van der Waals surface area (Å²) in [6, 6.07) is 2.15. The SMILES string of the molecule is CCCCCCCCCCO[Si](CC)(CC)OC(CC)C(C)C. The van der Waals surface area contributed by atoms with E-state index in [0.717, 1.165) is 25.1 Å². The summed E-state index contributed by atoms with van der Waals surface area (Å²) < 4.78 is 12.9. The molecule has 1 atom stereocenters. The highest BCUT2D eigenvalue weighted by Gasteiger charge is 2.36. The van der Waals surface area contributed by atoms with Crippen LogP contribution in [0.4, 0.5) is 0 Å². The molecule has 0 radical (unpaired) electrons. The average Bonchev–Trinajstić information content (AvgIpc) is 2.56. The number of rotatable bonds is 16. The summed E-state index contributed by atoms with van der Waals surface area (Å²) >= 11 is 0. The molecule has 0 aliphatic rings. The molecule has 1 unspecified atom stereocenters. The fourth-order valence-corrected chi connectivity index (χ4v) is 5.93. The van der Waals surface area contributed by atoms with Gasteiger partial charge in [0.2, 0.25) is 0 Å². The molecular formula is C20H44O2Si. The number of hydrogen-bond donors (Lipinski definition) is 0. The van der Waals surface area contributed by atoms with Crippen molar-refractivity contribution in [3.8, 4) is 0 Å². The second-order valence-corrected chi connectivity index (χ2v) is 11.0. The summed E-state index contributed by atoms with van der Waals surface area (Å²) in [5, 5.41) is 0. The van der Waals surface area contributed by atoms with Crippen LogP contribution in [-0.2, 0) is 8.85 Å². The molecule has 0 heterocycles. The summed E-state index contributed by atoms with van der Waals surface area (Å²) in [5.41, 5.74) is 0. The van der Waals surface area contributed by atoms with Gasteiger partial charge in [0.05, 0.1) is 0 Å². The van der Waals surface area contributed by atoms with Gasteiger partial charge < -0.3 is 8.85 Å². The molecule has 0 saturated carbocycles. The van der Waals surface area contributed by atoms with E-state index >= 15 is 0 Å². The third-order valence-corrected chi connectivity index (χ3v) is 8.57. The second-order valence-electron chi connectivity index (χ2n) is 7.25. The van der Waals surface area contributed by atoms with E-state index in [1.165, 1.54) is 51.4 Å². The minimum atomic E-state index is -1.98. The topological polar surface area (TPSA) is 18.5 Å². The minimum absolute atomic E-state index is 0.361. The van der Waals surface area contributed by atoms with Crippen LogP contribution in [-0.4, -0.2) is 21.3 Å². The van der Waals surface area contributed by atoms with Gasteiger partial charge >= 0.3 is 8.56 Å². The van der Waals surface area contributed by atoms with E-state index in [4.69, 9.17) is 8.85 Å². The highest BCUT2D eigenvalue weighted by Crippen LogP contribution is 2.25. The molecule has 0 amide bonds. The van der Waals surface area contributed by atoms with Crippen molar-refractivity contribution in [2.24, 2.45) is 5.92 Å². The first-order valence-electron chi connectivity index (χ1n) is 10.4. The maximum atomic E-state index is 6.54. The molecule has 0 aromatic rings. The van der Waals surface area contributed by atoms with Crippen LogP contribution in [0.5, 0.6) is 0 Å². The Kier molecular flexibility index (Phi) is 14.6. The zero-order valence-corrected chi connectivity index (χ0v) is 18.0. The van der Waals surface area contributed by atoms with Crippen molar-refractivity contribution >= 4 is 8.56 Å². The lowest BCUT2D eigenvalue weighted by Crippen LogP contribution is -2.45. The van der Waals surface area contributed by atoms with Crippen molar-refractivity contribution in [1.82, 2.24) is 0 Å². The second kappa shape index (κ2) is 14.5.